The van der Waals surface area contributed by atoms with Gasteiger partial charge in [0.2, 0.25) is 0 Å². The van der Waals surface area contributed by atoms with Gasteiger partial charge < -0.3 is 4.57 Å². The molecule has 0 amide bonds. The average Bonchev–Trinajstić information content (AvgIpc) is 3.65. The molecule has 61 heavy (non-hydrogen) atoms. The summed E-state index contributed by atoms with van der Waals surface area (Å²) < 4.78 is 2.48. The van der Waals surface area contributed by atoms with Gasteiger partial charge in [-0.1, -0.05) is 194 Å². The summed E-state index contributed by atoms with van der Waals surface area (Å²) in [6.07, 6.45) is 0. The van der Waals surface area contributed by atoms with Gasteiger partial charge in [-0.25, -0.2) is 15.0 Å². The van der Waals surface area contributed by atoms with Crippen LogP contribution in [0.1, 0.15) is 0 Å². The topological polar surface area (TPSA) is 43.6 Å². The third kappa shape index (κ3) is 5.88. The average molecular weight is 777 g/mol. The van der Waals surface area contributed by atoms with Gasteiger partial charge in [0.1, 0.15) is 0 Å². The zero-order valence-electron chi connectivity index (χ0n) is 33.1. The van der Waals surface area contributed by atoms with Gasteiger partial charge >= 0.3 is 0 Å². The van der Waals surface area contributed by atoms with E-state index in [1.54, 1.807) is 0 Å². The van der Waals surface area contributed by atoms with Crippen LogP contribution in [-0.4, -0.2) is 19.5 Å². The Balaban J connectivity index is 1.19. The van der Waals surface area contributed by atoms with E-state index in [2.05, 4.69) is 205 Å². The first kappa shape index (κ1) is 34.8. The van der Waals surface area contributed by atoms with Crippen LogP contribution in [0, 0.1) is 0 Å². The van der Waals surface area contributed by atoms with E-state index in [0.29, 0.717) is 17.5 Å². The lowest BCUT2D eigenvalue weighted by Gasteiger charge is -2.20. The smallest absolute Gasteiger partial charge is 0.164 e. The normalized spacial score (nSPS) is 11.6. The molecule has 0 bridgehead atoms. The van der Waals surface area contributed by atoms with E-state index < -0.39 is 0 Å². The van der Waals surface area contributed by atoms with Crippen molar-refractivity contribution < 1.29 is 0 Å². The fourth-order valence-electron chi connectivity index (χ4n) is 9.13. The minimum Gasteiger partial charge on any atom is -0.308 e. The van der Waals surface area contributed by atoms with Gasteiger partial charge in [0, 0.05) is 38.4 Å². The molecule has 4 nitrogen and oxygen atoms in total. The summed E-state index contributed by atoms with van der Waals surface area (Å²) in [7, 11) is 0. The summed E-state index contributed by atoms with van der Waals surface area (Å²) in [6.45, 7) is 0. The molecule has 0 atom stereocenters. The van der Waals surface area contributed by atoms with E-state index in [9.17, 15) is 0 Å². The van der Waals surface area contributed by atoms with Crippen LogP contribution in [0.2, 0.25) is 0 Å². The van der Waals surface area contributed by atoms with Crippen LogP contribution in [0.3, 0.4) is 0 Å². The maximum Gasteiger partial charge on any atom is 0.164 e. The summed E-state index contributed by atoms with van der Waals surface area (Å²) in [5, 5.41) is 9.25. The van der Waals surface area contributed by atoms with Gasteiger partial charge in [-0.15, -0.1) is 0 Å². The summed E-state index contributed by atoms with van der Waals surface area (Å²) in [5.74, 6) is 1.89. The van der Waals surface area contributed by atoms with Gasteiger partial charge in [0.05, 0.1) is 16.7 Å². The Hall–Kier alpha value is -8.21. The van der Waals surface area contributed by atoms with Gasteiger partial charge in [0.15, 0.2) is 17.5 Å². The SMILES string of the molecule is c1ccc(-c2ccc(-c3cc(-c4nc(-c5ccccc5)nc(-c5cccc6ccccc56)n4)c4ccccc4c3-n3c4ccccc4c4cc5ccccc5cc43)cc2)cc1. The van der Waals surface area contributed by atoms with Gasteiger partial charge in [-0.05, 0) is 67.9 Å². The van der Waals surface area contributed by atoms with Crippen LogP contribution in [-0.2, 0) is 0 Å². The highest BCUT2D eigenvalue weighted by atomic mass is 15.0. The third-order valence-corrected chi connectivity index (χ3v) is 12.0. The zero-order chi connectivity index (χ0) is 40.3. The first-order valence-corrected chi connectivity index (χ1v) is 20.7. The zero-order valence-corrected chi connectivity index (χ0v) is 33.1. The number of aromatic nitrogens is 4. The molecule has 0 N–H and O–H groups in total. The molecular formula is C57H36N4. The van der Waals surface area contributed by atoms with Crippen molar-refractivity contribution in [3.8, 4) is 62.1 Å². The van der Waals surface area contributed by atoms with E-state index in [4.69, 9.17) is 15.0 Å². The lowest BCUT2D eigenvalue weighted by molar-refractivity contribution is 1.08. The molecule has 0 spiro atoms. The van der Waals surface area contributed by atoms with Gasteiger partial charge in [-0.2, -0.15) is 0 Å². The van der Waals surface area contributed by atoms with Crippen molar-refractivity contribution in [2.45, 2.75) is 0 Å². The van der Waals surface area contributed by atoms with Crippen molar-refractivity contribution in [3.63, 3.8) is 0 Å². The quantitative estimate of drug-likeness (QED) is 0.169. The highest BCUT2D eigenvalue weighted by Crippen LogP contribution is 2.44. The second kappa shape index (κ2) is 14.3. The molecule has 0 fully saturated rings. The molecule has 2 heterocycles. The van der Waals surface area contributed by atoms with E-state index in [-0.39, 0.29) is 0 Å². The molecule has 0 unspecified atom stereocenters. The Morgan fingerprint density at radius 2 is 0.787 bits per heavy atom. The minimum absolute atomic E-state index is 0.620. The van der Waals surface area contributed by atoms with E-state index in [1.165, 1.54) is 32.7 Å². The first-order valence-electron chi connectivity index (χ1n) is 20.7. The van der Waals surface area contributed by atoms with E-state index in [1.807, 2.05) is 18.2 Å². The maximum absolute atomic E-state index is 5.39. The second-order valence-corrected chi connectivity index (χ2v) is 15.6. The Bertz CT molecular complexity index is 3620. The van der Waals surface area contributed by atoms with Crippen LogP contribution in [0.5, 0.6) is 0 Å². The minimum atomic E-state index is 0.620. The number of rotatable bonds is 6. The standard InChI is InChI=1S/C57H36N4/c1-3-16-37(17-4-1)38-30-32-40(33-31-38)49-36-51(57-59-55(41-19-5-2-6-20-41)58-56(60-57)48-28-15-23-39-18-9-10-24-44(39)48)45-25-11-12-27-47(45)54(49)61-52-29-14-13-26-46(52)50-34-42-21-7-8-22-43(42)35-53(50)61/h1-36H. The molecule has 0 saturated heterocycles. The highest BCUT2D eigenvalue weighted by Gasteiger charge is 2.23. The second-order valence-electron chi connectivity index (χ2n) is 15.6. The van der Waals surface area contributed by atoms with Crippen LogP contribution < -0.4 is 0 Å². The predicted molar refractivity (Wildman–Crippen MR) is 254 cm³/mol. The van der Waals surface area contributed by atoms with E-state index >= 15 is 0 Å². The Morgan fingerprint density at radius 1 is 0.262 bits per heavy atom. The van der Waals surface area contributed by atoms with Crippen molar-refractivity contribution >= 4 is 54.1 Å². The number of hydrogen-bond acceptors (Lipinski definition) is 3. The summed E-state index contributed by atoms with van der Waals surface area (Å²) in [5.41, 5.74) is 10.8. The van der Waals surface area contributed by atoms with Crippen molar-refractivity contribution in [3.05, 3.63) is 218 Å². The molecule has 2 aromatic heterocycles. The first-order chi connectivity index (χ1) is 30.2. The molecule has 0 radical (unpaired) electrons. The highest BCUT2D eigenvalue weighted by molar-refractivity contribution is 6.16. The van der Waals surface area contributed by atoms with Crippen molar-refractivity contribution in [1.82, 2.24) is 19.5 Å². The van der Waals surface area contributed by atoms with Gasteiger partial charge in [-0.3, -0.25) is 0 Å². The Labute approximate surface area is 352 Å². The molecule has 12 rings (SSSR count). The summed E-state index contributed by atoms with van der Waals surface area (Å²) in [4.78, 5) is 15.9. The molecule has 12 aromatic rings. The van der Waals surface area contributed by atoms with E-state index in [0.717, 1.165) is 66.1 Å². The monoisotopic (exact) mass is 776 g/mol. The van der Waals surface area contributed by atoms with Crippen LogP contribution in [0.4, 0.5) is 0 Å². The molecule has 4 heteroatoms. The lowest BCUT2D eigenvalue weighted by Crippen LogP contribution is -2.03. The van der Waals surface area contributed by atoms with Crippen molar-refractivity contribution in [1.29, 1.82) is 0 Å². The Kier molecular flexibility index (Phi) is 8.13. The lowest BCUT2D eigenvalue weighted by atomic mass is 9.92. The van der Waals surface area contributed by atoms with Crippen molar-refractivity contribution in [2.24, 2.45) is 0 Å². The summed E-state index contributed by atoms with van der Waals surface area (Å²) >= 11 is 0. The molecule has 284 valence electrons. The van der Waals surface area contributed by atoms with Crippen LogP contribution in [0.25, 0.3) is 116 Å². The largest absolute Gasteiger partial charge is 0.308 e. The number of hydrogen-bond donors (Lipinski definition) is 0. The predicted octanol–water partition coefficient (Wildman–Crippen LogP) is 14.8. The number of benzene rings is 10. The third-order valence-electron chi connectivity index (χ3n) is 12.0. The van der Waals surface area contributed by atoms with Crippen LogP contribution >= 0.6 is 0 Å². The summed E-state index contributed by atoms with van der Waals surface area (Å²) in [6, 6.07) is 77.7. The molecule has 0 saturated carbocycles. The molecule has 10 aromatic carbocycles. The van der Waals surface area contributed by atoms with Crippen LogP contribution in [0.15, 0.2) is 218 Å². The number of nitrogens with zero attached hydrogens (tertiary/aromatic N) is 4. The fraction of sp³-hybridized carbons (Fsp3) is 0. The number of fused-ring (bicyclic) bond motifs is 6. The fourth-order valence-corrected chi connectivity index (χ4v) is 9.13. The Morgan fingerprint density at radius 3 is 1.54 bits per heavy atom. The molecular weight excluding hydrogens is 741 g/mol. The molecule has 0 aliphatic rings. The maximum atomic E-state index is 5.39. The molecule has 0 aliphatic carbocycles. The molecule has 0 aliphatic heterocycles. The number of para-hydroxylation sites is 1. The van der Waals surface area contributed by atoms with Gasteiger partial charge in [0.25, 0.3) is 0 Å². The van der Waals surface area contributed by atoms with Crippen molar-refractivity contribution in [2.75, 3.05) is 0 Å².